The summed E-state index contributed by atoms with van der Waals surface area (Å²) in [6.07, 6.45) is 3.16. The summed E-state index contributed by atoms with van der Waals surface area (Å²) in [5, 5.41) is 7.16. The van der Waals surface area contributed by atoms with Crippen LogP contribution in [0.1, 0.15) is 17.3 Å². The number of hydrogen-bond acceptors (Lipinski definition) is 8. The Kier molecular flexibility index (Phi) is 5.62. The molecule has 0 atom stereocenters. The number of halogens is 3. The molecule has 186 valence electrons. The summed E-state index contributed by atoms with van der Waals surface area (Å²) in [4.78, 5) is 25.1. The molecule has 1 N–H and O–H groups in total. The van der Waals surface area contributed by atoms with E-state index in [9.17, 15) is 26.4 Å². The van der Waals surface area contributed by atoms with Crippen LogP contribution in [0.15, 0.2) is 48.9 Å². The van der Waals surface area contributed by atoms with Crippen molar-refractivity contribution in [2.24, 2.45) is 0 Å². The van der Waals surface area contributed by atoms with Gasteiger partial charge in [0.05, 0.1) is 40.5 Å². The molecule has 0 saturated carbocycles. The molecule has 1 fully saturated rings. The summed E-state index contributed by atoms with van der Waals surface area (Å²) in [7, 11) is -3.19. The van der Waals surface area contributed by atoms with Gasteiger partial charge in [0, 0.05) is 11.8 Å². The predicted octanol–water partition coefficient (Wildman–Crippen LogP) is 2.53. The fourth-order valence-corrected chi connectivity index (χ4v) is 6.05. The number of amides is 1. The number of hydrogen-bond donors (Lipinski definition) is 1. The van der Waals surface area contributed by atoms with Crippen molar-refractivity contribution < 1.29 is 31.1 Å². The van der Waals surface area contributed by atoms with Crippen molar-refractivity contribution in [1.82, 2.24) is 30.0 Å². The van der Waals surface area contributed by atoms with Crippen LogP contribution in [0.3, 0.4) is 0 Å². The van der Waals surface area contributed by atoms with E-state index in [0.29, 0.717) is 5.56 Å². The number of sulfone groups is 1. The van der Waals surface area contributed by atoms with E-state index in [1.54, 1.807) is 13.0 Å². The number of rotatable bonds is 6. The van der Waals surface area contributed by atoms with Gasteiger partial charge in [-0.25, -0.2) is 22.8 Å². The third-order valence-corrected chi connectivity index (χ3v) is 7.56. The number of nitrogens with one attached hydrogen (secondary N) is 1. The second-order valence-electron chi connectivity index (χ2n) is 8.51. The summed E-state index contributed by atoms with van der Waals surface area (Å²) in [5.74, 6) is -1.70. The van der Waals surface area contributed by atoms with Crippen molar-refractivity contribution in [3.63, 3.8) is 0 Å². The van der Waals surface area contributed by atoms with Gasteiger partial charge in [-0.1, -0.05) is 12.1 Å². The molecule has 4 aromatic rings. The molecule has 5 rings (SSSR count). The summed E-state index contributed by atoms with van der Waals surface area (Å²) in [6, 6.07) is 7.27. The van der Waals surface area contributed by atoms with E-state index in [0.717, 1.165) is 12.4 Å². The number of benzene rings is 1. The molecule has 1 aliphatic heterocycles. The zero-order chi connectivity index (χ0) is 25.7. The molecule has 0 spiro atoms. The number of aromatic nitrogens is 5. The molecule has 3 aromatic heterocycles. The molecule has 14 heteroatoms. The highest BCUT2D eigenvalue weighted by Gasteiger charge is 2.45. The van der Waals surface area contributed by atoms with Gasteiger partial charge in [-0.05, 0) is 25.1 Å². The Labute approximate surface area is 202 Å². The lowest BCUT2D eigenvalue weighted by atomic mass is 10.1. The molecule has 1 saturated heterocycles. The van der Waals surface area contributed by atoms with Crippen molar-refractivity contribution >= 4 is 26.8 Å². The van der Waals surface area contributed by atoms with Crippen molar-refractivity contribution in [3.8, 4) is 23.0 Å². The van der Waals surface area contributed by atoms with E-state index in [2.05, 4.69) is 30.1 Å². The van der Waals surface area contributed by atoms with E-state index in [1.165, 1.54) is 35.1 Å². The highest BCUT2D eigenvalue weighted by atomic mass is 32.2. The maximum Gasteiger partial charge on any atom is 0.387 e. The van der Waals surface area contributed by atoms with Gasteiger partial charge in [0.1, 0.15) is 17.0 Å². The molecule has 0 radical (unpaired) electrons. The van der Waals surface area contributed by atoms with E-state index in [4.69, 9.17) is 0 Å². The van der Waals surface area contributed by atoms with Crippen LogP contribution in [-0.4, -0.2) is 62.7 Å². The van der Waals surface area contributed by atoms with Gasteiger partial charge in [-0.15, -0.1) is 0 Å². The molecule has 4 heterocycles. The lowest BCUT2D eigenvalue weighted by Gasteiger charge is -2.38. The molecular formula is C22H17F3N6O4S. The number of alkyl halides is 2. The van der Waals surface area contributed by atoms with Crippen molar-refractivity contribution in [1.29, 1.82) is 0 Å². The highest BCUT2D eigenvalue weighted by molar-refractivity contribution is 7.93. The number of ether oxygens (including phenoxy) is 1. The minimum Gasteiger partial charge on any atom is -0.435 e. The minimum atomic E-state index is -3.19. The first-order valence-electron chi connectivity index (χ1n) is 10.5. The van der Waals surface area contributed by atoms with Gasteiger partial charge >= 0.3 is 6.61 Å². The van der Waals surface area contributed by atoms with Crippen LogP contribution in [0.2, 0.25) is 0 Å². The van der Waals surface area contributed by atoms with Crippen LogP contribution in [0.5, 0.6) is 5.75 Å². The summed E-state index contributed by atoms with van der Waals surface area (Å²) < 4.78 is 67.7. The van der Waals surface area contributed by atoms with E-state index >= 15 is 0 Å². The monoisotopic (exact) mass is 518 g/mol. The Bertz CT molecular complexity index is 1580. The fraction of sp³-hybridized carbons (Fsp3) is 0.227. The Balaban J connectivity index is 1.59. The topological polar surface area (TPSA) is 129 Å². The molecule has 0 bridgehead atoms. The minimum absolute atomic E-state index is 0.0240. The number of carbonyl (C=O) groups is 1. The smallest absolute Gasteiger partial charge is 0.387 e. The Morgan fingerprint density at radius 2 is 1.86 bits per heavy atom. The molecular weight excluding hydrogens is 501 g/mol. The highest BCUT2D eigenvalue weighted by Crippen LogP contribution is 2.31. The van der Waals surface area contributed by atoms with Crippen LogP contribution in [-0.2, 0) is 9.84 Å². The van der Waals surface area contributed by atoms with E-state index < -0.39 is 33.7 Å². The molecule has 0 unspecified atom stereocenters. The second-order valence-corrected chi connectivity index (χ2v) is 10.6. The maximum atomic E-state index is 13.4. The largest absolute Gasteiger partial charge is 0.435 e. The normalized spacial score (nSPS) is 16.0. The SMILES string of the molecule is CC1(NC(=O)c2cnc3c(-c4cccc(OC(F)F)c4)nn(-c4ncc(F)cn4)c3c2)CS(=O)(=O)C1. The van der Waals surface area contributed by atoms with Gasteiger partial charge in [0.15, 0.2) is 15.7 Å². The van der Waals surface area contributed by atoms with Gasteiger partial charge in [-0.3, -0.25) is 9.78 Å². The zero-order valence-corrected chi connectivity index (χ0v) is 19.3. The first-order chi connectivity index (χ1) is 17.0. The molecule has 36 heavy (non-hydrogen) atoms. The van der Waals surface area contributed by atoms with Crippen molar-refractivity contribution in [3.05, 3.63) is 60.3 Å². The second kappa shape index (κ2) is 8.55. The number of carbonyl (C=O) groups excluding carboxylic acids is 1. The molecule has 1 amide bonds. The number of fused-ring (bicyclic) bond motifs is 1. The van der Waals surface area contributed by atoms with Crippen LogP contribution >= 0.6 is 0 Å². The van der Waals surface area contributed by atoms with Crippen molar-refractivity contribution in [2.45, 2.75) is 19.1 Å². The van der Waals surface area contributed by atoms with Crippen molar-refractivity contribution in [2.75, 3.05) is 11.5 Å². The van der Waals surface area contributed by atoms with Crippen LogP contribution in [0, 0.1) is 5.82 Å². The van der Waals surface area contributed by atoms with Crippen LogP contribution in [0.25, 0.3) is 28.2 Å². The quantitative estimate of drug-likeness (QED) is 0.412. The molecule has 0 aliphatic carbocycles. The van der Waals surface area contributed by atoms with Gasteiger partial charge in [-0.2, -0.15) is 18.6 Å². The maximum absolute atomic E-state index is 13.4. The third kappa shape index (κ3) is 4.58. The average Bonchev–Trinajstić information content (AvgIpc) is 3.16. The average molecular weight is 518 g/mol. The summed E-state index contributed by atoms with van der Waals surface area (Å²) in [5.41, 5.74) is 0.402. The standard InChI is InChI=1S/C22H17F3N6O4S/c1-22(10-36(33,34)11-22)29-19(32)13-6-16-18(26-7-13)17(12-3-2-4-15(5-12)35-20(24)25)30-31(16)21-27-8-14(23)9-28-21/h2-9,20H,10-11H2,1H3,(H,29,32). The predicted molar refractivity (Wildman–Crippen MR) is 121 cm³/mol. The van der Waals surface area contributed by atoms with Gasteiger partial charge in [0.2, 0.25) is 0 Å². The van der Waals surface area contributed by atoms with E-state index in [-0.39, 0.29) is 45.5 Å². The zero-order valence-electron chi connectivity index (χ0n) is 18.5. The van der Waals surface area contributed by atoms with Crippen LogP contribution in [0.4, 0.5) is 13.2 Å². The first kappa shape index (κ1) is 23.7. The fourth-order valence-electron chi connectivity index (χ4n) is 4.05. The lowest BCUT2D eigenvalue weighted by Crippen LogP contribution is -2.63. The Morgan fingerprint density at radius 3 is 2.53 bits per heavy atom. The van der Waals surface area contributed by atoms with Gasteiger partial charge < -0.3 is 10.1 Å². The molecule has 1 aromatic carbocycles. The van der Waals surface area contributed by atoms with Gasteiger partial charge in [0.25, 0.3) is 11.9 Å². The number of nitrogens with zero attached hydrogens (tertiary/aromatic N) is 5. The molecule has 1 aliphatic rings. The van der Waals surface area contributed by atoms with Crippen LogP contribution < -0.4 is 10.1 Å². The third-order valence-electron chi connectivity index (χ3n) is 5.40. The summed E-state index contributed by atoms with van der Waals surface area (Å²) >= 11 is 0. The Hall–Kier alpha value is -4.07. The summed E-state index contributed by atoms with van der Waals surface area (Å²) in [6.45, 7) is -1.39. The van der Waals surface area contributed by atoms with E-state index in [1.807, 2.05) is 0 Å². The Morgan fingerprint density at radius 1 is 1.14 bits per heavy atom. The first-order valence-corrected chi connectivity index (χ1v) is 12.3. The molecule has 10 nitrogen and oxygen atoms in total. The lowest BCUT2D eigenvalue weighted by molar-refractivity contribution is -0.0498. The number of pyridine rings is 1.